The third-order valence-corrected chi connectivity index (χ3v) is 5.49. The third kappa shape index (κ3) is 3.40. The zero-order valence-corrected chi connectivity index (χ0v) is 15.6. The lowest BCUT2D eigenvalue weighted by molar-refractivity contribution is -0.160. The van der Waals surface area contributed by atoms with E-state index in [2.05, 4.69) is 0 Å². The molecule has 0 atom stereocenters. The number of hydrogen-bond acceptors (Lipinski definition) is 4. The van der Waals surface area contributed by atoms with Crippen LogP contribution < -0.4 is 4.74 Å². The van der Waals surface area contributed by atoms with Gasteiger partial charge in [-0.1, -0.05) is 19.3 Å². The van der Waals surface area contributed by atoms with Crippen LogP contribution in [-0.4, -0.2) is 39.6 Å². The molecule has 0 radical (unpaired) electrons. The fourth-order valence-corrected chi connectivity index (χ4v) is 4.09. The molecule has 0 saturated heterocycles. The first kappa shape index (κ1) is 19.7. The summed E-state index contributed by atoms with van der Waals surface area (Å²) in [4.78, 5) is 36.4. The number of hydrogen-bond donors (Lipinski definition) is 2. The molecule has 1 aliphatic rings. The SMILES string of the molecule is COc1ccc(-c2cccn2C2(C(=O)C(C(=O)O)C(=O)O)CCCCC2)cc1. The maximum absolute atomic E-state index is 13.3. The van der Waals surface area contributed by atoms with Gasteiger partial charge in [-0.15, -0.1) is 0 Å². The Hall–Kier alpha value is -3.09. The molecule has 0 bridgehead atoms. The van der Waals surface area contributed by atoms with Gasteiger partial charge in [-0.3, -0.25) is 14.4 Å². The Balaban J connectivity index is 2.11. The molecule has 0 amide bonds. The number of aromatic nitrogens is 1. The molecule has 148 valence electrons. The van der Waals surface area contributed by atoms with Crippen LogP contribution in [0.3, 0.4) is 0 Å². The predicted molar refractivity (Wildman–Crippen MR) is 101 cm³/mol. The van der Waals surface area contributed by atoms with Crippen molar-refractivity contribution in [2.75, 3.05) is 7.11 Å². The zero-order valence-electron chi connectivity index (χ0n) is 15.6. The molecule has 1 heterocycles. The van der Waals surface area contributed by atoms with Crippen LogP contribution in [0.5, 0.6) is 5.75 Å². The Morgan fingerprint density at radius 2 is 1.61 bits per heavy atom. The first-order chi connectivity index (χ1) is 13.4. The van der Waals surface area contributed by atoms with E-state index in [1.807, 2.05) is 18.2 Å². The third-order valence-electron chi connectivity index (χ3n) is 5.49. The van der Waals surface area contributed by atoms with Crippen LogP contribution in [0.1, 0.15) is 32.1 Å². The van der Waals surface area contributed by atoms with Crippen LogP contribution in [0.15, 0.2) is 42.6 Å². The summed E-state index contributed by atoms with van der Waals surface area (Å²) in [5, 5.41) is 18.8. The van der Waals surface area contributed by atoms with E-state index in [4.69, 9.17) is 4.74 Å². The van der Waals surface area contributed by atoms with Crippen LogP contribution >= 0.6 is 0 Å². The van der Waals surface area contributed by atoms with Gasteiger partial charge in [-0.25, -0.2) is 0 Å². The predicted octanol–water partition coefficient (Wildman–Crippen LogP) is 3.18. The average Bonchev–Trinajstić information content (AvgIpc) is 3.18. The summed E-state index contributed by atoms with van der Waals surface area (Å²) < 4.78 is 6.96. The molecule has 7 heteroatoms. The van der Waals surface area contributed by atoms with Gasteiger partial charge >= 0.3 is 11.9 Å². The van der Waals surface area contributed by atoms with E-state index < -0.39 is 29.2 Å². The molecule has 0 unspecified atom stereocenters. The van der Waals surface area contributed by atoms with Crippen molar-refractivity contribution in [1.29, 1.82) is 0 Å². The standard InChI is InChI=1S/C21H23NO6/c1-28-15-9-7-14(8-10-15)16-6-5-13-22(16)21(11-3-2-4-12-21)18(23)17(19(24)25)20(26)27/h5-10,13,17H,2-4,11-12H2,1H3,(H,24,25)(H,26,27). The number of carboxylic acids is 2. The Kier molecular flexibility index (Phi) is 5.53. The molecular weight excluding hydrogens is 362 g/mol. The Labute approximate surface area is 162 Å². The van der Waals surface area contributed by atoms with Crippen LogP contribution in [-0.2, 0) is 19.9 Å². The topological polar surface area (TPSA) is 106 Å². The number of carboxylic acid groups (broad SMARTS) is 2. The van der Waals surface area contributed by atoms with Crippen LogP contribution in [0.25, 0.3) is 11.3 Å². The fraction of sp³-hybridized carbons (Fsp3) is 0.381. The van der Waals surface area contributed by atoms with E-state index in [1.54, 1.807) is 36.1 Å². The van der Waals surface area contributed by atoms with Crippen molar-refractivity contribution < 1.29 is 29.3 Å². The number of rotatable bonds is 7. The van der Waals surface area contributed by atoms with Gasteiger partial charge in [0.2, 0.25) is 5.92 Å². The van der Waals surface area contributed by atoms with Gasteiger partial charge in [0.15, 0.2) is 5.78 Å². The number of carbonyl (C=O) groups excluding carboxylic acids is 1. The van der Waals surface area contributed by atoms with E-state index in [1.165, 1.54) is 0 Å². The quantitative estimate of drug-likeness (QED) is 0.709. The van der Waals surface area contributed by atoms with Crippen molar-refractivity contribution in [3.8, 4) is 17.0 Å². The monoisotopic (exact) mass is 385 g/mol. The maximum Gasteiger partial charge on any atom is 0.325 e. The first-order valence-corrected chi connectivity index (χ1v) is 9.23. The fourth-order valence-electron chi connectivity index (χ4n) is 4.09. The number of ketones is 1. The Bertz CT molecular complexity index is 863. The molecule has 1 aromatic carbocycles. The summed E-state index contributed by atoms with van der Waals surface area (Å²) >= 11 is 0. The lowest BCUT2D eigenvalue weighted by Gasteiger charge is -2.39. The average molecular weight is 385 g/mol. The molecular formula is C21H23NO6. The molecule has 0 aliphatic heterocycles. The minimum atomic E-state index is -2.08. The number of benzene rings is 1. The van der Waals surface area contributed by atoms with Gasteiger partial charge in [0.1, 0.15) is 11.3 Å². The molecule has 1 aromatic heterocycles. The van der Waals surface area contributed by atoms with E-state index in [0.29, 0.717) is 18.6 Å². The number of methoxy groups -OCH3 is 1. The molecule has 2 N–H and O–H groups in total. The highest BCUT2D eigenvalue weighted by Gasteiger charge is 2.49. The summed E-state index contributed by atoms with van der Waals surface area (Å²) in [6.45, 7) is 0. The Morgan fingerprint density at radius 1 is 1.00 bits per heavy atom. The lowest BCUT2D eigenvalue weighted by atomic mass is 9.74. The normalized spacial score (nSPS) is 15.9. The molecule has 1 fully saturated rings. The van der Waals surface area contributed by atoms with Gasteiger partial charge < -0.3 is 19.5 Å². The second-order valence-corrected chi connectivity index (χ2v) is 7.06. The largest absolute Gasteiger partial charge is 0.497 e. The van der Waals surface area contributed by atoms with Gasteiger partial charge in [-0.2, -0.15) is 0 Å². The van der Waals surface area contributed by atoms with Crippen molar-refractivity contribution in [2.24, 2.45) is 5.92 Å². The zero-order chi connectivity index (χ0) is 20.3. The summed E-state index contributed by atoms with van der Waals surface area (Å²) in [5.41, 5.74) is 0.400. The molecule has 7 nitrogen and oxygen atoms in total. The highest BCUT2D eigenvalue weighted by molar-refractivity contribution is 6.16. The van der Waals surface area contributed by atoms with Crippen LogP contribution in [0.2, 0.25) is 0 Å². The van der Waals surface area contributed by atoms with Gasteiger partial charge in [0.25, 0.3) is 0 Å². The smallest absolute Gasteiger partial charge is 0.325 e. The molecule has 3 rings (SSSR count). The van der Waals surface area contributed by atoms with Crippen molar-refractivity contribution in [3.05, 3.63) is 42.6 Å². The highest BCUT2D eigenvalue weighted by atomic mass is 16.5. The second kappa shape index (κ2) is 7.88. The van der Waals surface area contributed by atoms with Crippen LogP contribution in [0, 0.1) is 5.92 Å². The molecule has 0 spiro atoms. The van der Waals surface area contributed by atoms with Crippen molar-refractivity contribution >= 4 is 17.7 Å². The molecule has 1 saturated carbocycles. The number of ether oxygens (including phenoxy) is 1. The number of carbonyl (C=O) groups is 3. The van der Waals surface area contributed by atoms with Crippen molar-refractivity contribution in [3.63, 3.8) is 0 Å². The second-order valence-electron chi connectivity index (χ2n) is 7.06. The van der Waals surface area contributed by atoms with Crippen LogP contribution in [0.4, 0.5) is 0 Å². The number of Topliss-reactive ketones (excluding diaryl/α,β-unsaturated/α-hetero) is 1. The Morgan fingerprint density at radius 3 is 2.14 bits per heavy atom. The highest BCUT2D eigenvalue weighted by Crippen LogP contribution is 2.41. The van der Waals surface area contributed by atoms with Crippen molar-refractivity contribution in [2.45, 2.75) is 37.6 Å². The summed E-state index contributed by atoms with van der Waals surface area (Å²) in [5.74, 6) is -5.40. The van der Waals surface area contributed by atoms with E-state index in [9.17, 15) is 24.6 Å². The van der Waals surface area contributed by atoms with Crippen molar-refractivity contribution in [1.82, 2.24) is 4.57 Å². The van der Waals surface area contributed by atoms with E-state index >= 15 is 0 Å². The van der Waals surface area contributed by atoms with Gasteiger partial charge in [0.05, 0.1) is 7.11 Å². The number of aliphatic carboxylic acids is 2. The minimum absolute atomic E-state index is 0.417. The lowest BCUT2D eigenvalue weighted by Crippen LogP contribution is -2.50. The minimum Gasteiger partial charge on any atom is -0.497 e. The van der Waals surface area contributed by atoms with E-state index in [-0.39, 0.29) is 0 Å². The van der Waals surface area contributed by atoms with Gasteiger partial charge in [0, 0.05) is 11.9 Å². The first-order valence-electron chi connectivity index (χ1n) is 9.23. The summed E-state index contributed by atoms with van der Waals surface area (Å²) in [7, 11) is 1.57. The molecule has 2 aromatic rings. The summed E-state index contributed by atoms with van der Waals surface area (Å²) in [6, 6.07) is 11.0. The number of nitrogens with zero attached hydrogens (tertiary/aromatic N) is 1. The summed E-state index contributed by atoms with van der Waals surface area (Å²) in [6.07, 6.45) is 4.97. The van der Waals surface area contributed by atoms with Gasteiger partial charge in [-0.05, 0) is 54.8 Å². The maximum atomic E-state index is 13.3. The van der Waals surface area contributed by atoms with E-state index in [0.717, 1.165) is 30.5 Å². The molecule has 28 heavy (non-hydrogen) atoms. The molecule has 1 aliphatic carbocycles.